The predicted octanol–water partition coefficient (Wildman–Crippen LogP) is 1.75. The molecule has 0 spiro atoms. The topological polar surface area (TPSA) is 92.6 Å². The van der Waals surface area contributed by atoms with Crippen LogP contribution in [0.5, 0.6) is 0 Å². The van der Waals surface area contributed by atoms with E-state index in [0.29, 0.717) is 25.1 Å². The van der Waals surface area contributed by atoms with Gasteiger partial charge in [-0.3, -0.25) is 4.98 Å². The van der Waals surface area contributed by atoms with E-state index in [9.17, 15) is 13.2 Å². The molecule has 2 aromatic carbocycles. The monoisotopic (exact) mass is 374 g/mol. The van der Waals surface area contributed by atoms with Gasteiger partial charge in [0.1, 0.15) is 0 Å². The normalized spacial score (nSPS) is 19.0. The van der Waals surface area contributed by atoms with Gasteiger partial charge in [-0.1, -0.05) is 30.3 Å². The van der Waals surface area contributed by atoms with Crippen molar-refractivity contribution < 1.29 is 17.6 Å². The zero-order chi connectivity index (χ0) is 18.1. The average Bonchev–Trinajstić information content (AvgIpc) is 3.02. The lowest BCUT2D eigenvalue weighted by molar-refractivity contribution is -0.000493. The first-order valence-electron chi connectivity index (χ1n) is 8.31. The Hall–Kier alpha value is -2.42. The van der Waals surface area contributed by atoms with Crippen LogP contribution in [0.4, 0.5) is 0 Å². The Morgan fingerprint density at radius 1 is 1.15 bits per heavy atom. The fraction of sp³-hybridized carbons (Fsp3) is 0.278. The van der Waals surface area contributed by atoms with Crippen LogP contribution >= 0.6 is 0 Å². The van der Waals surface area contributed by atoms with Gasteiger partial charge in [-0.15, -0.1) is 0 Å². The number of ether oxygens (including phenoxy) is 1. The summed E-state index contributed by atoms with van der Waals surface area (Å²) in [5.74, 6) is -0.608. The summed E-state index contributed by atoms with van der Waals surface area (Å²) in [7, 11) is -3.69. The maximum absolute atomic E-state index is 13.0. The zero-order valence-electron chi connectivity index (χ0n) is 13.9. The second-order valence-electron chi connectivity index (χ2n) is 6.22. The highest BCUT2D eigenvalue weighted by Gasteiger charge is 2.31. The van der Waals surface area contributed by atoms with E-state index in [1.165, 1.54) is 22.5 Å². The molecule has 4 rings (SSSR count). The number of hydrogen-bond acceptors (Lipinski definition) is 5. The molecule has 7 nitrogen and oxygen atoms in total. The van der Waals surface area contributed by atoms with Gasteiger partial charge >= 0.3 is 5.76 Å². The van der Waals surface area contributed by atoms with E-state index in [2.05, 4.69) is 4.98 Å². The first-order chi connectivity index (χ1) is 12.5. The number of oxazole rings is 1. The molecule has 1 aromatic heterocycles. The van der Waals surface area contributed by atoms with E-state index in [1.807, 2.05) is 30.3 Å². The average molecular weight is 374 g/mol. The lowest BCUT2D eigenvalue weighted by atomic mass is 10.1. The minimum Gasteiger partial charge on any atom is -0.408 e. The van der Waals surface area contributed by atoms with Crippen LogP contribution in [-0.2, 0) is 21.2 Å². The van der Waals surface area contributed by atoms with Crippen LogP contribution in [0.25, 0.3) is 11.1 Å². The fourth-order valence-corrected chi connectivity index (χ4v) is 4.62. The quantitative estimate of drug-likeness (QED) is 0.751. The van der Waals surface area contributed by atoms with Crippen molar-refractivity contribution >= 4 is 21.1 Å². The van der Waals surface area contributed by atoms with E-state index in [-0.39, 0.29) is 23.1 Å². The molecule has 1 saturated heterocycles. The van der Waals surface area contributed by atoms with Crippen molar-refractivity contribution in [2.24, 2.45) is 0 Å². The summed E-state index contributed by atoms with van der Waals surface area (Å²) in [5, 5.41) is 0. The van der Waals surface area contributed by atoms with Gasteiger partial charge in [0, 0.05) is 19.2 Å². The van der Waals surface area contributed by atoms with E-state index in [4.69, 9.17) is 9.15 Å². The lowest BCUT2D eigenvalue weighted by Crippen LogP contribution is -2.46. The zero-order valence-corrected chi connectivity index (χ0v) is 14.7. The summed E-state index contributed by atoms with van der Waals surface area (Å²) in [6, 6.07) is 14.2. The number of fused-ring (bicyclic) bond motifs is 1. The van der Waals surface area contributed by atoms with Crippen LogP contribution in [-0.4, -0.2) is 43.5 Å². The van der Waals surface area contributed by atoms with Crippen molar-refractivity contribution in [3.8, 4) is 0 Å². The number of nitrogens with one attached hydrogen (secondary N) is 1. The molecule has 1 aliphatic rings. The van der Waals surface area contributed by atoms with Crippen LogP contribution in [0, 0.1) is 0 Å². The maximum atomic E-state index is 13.0. The number of H-pyrrole nitrogens is 1. The number of sulfonamides is 1. The van der Waals surface area contributed by atoms with E-state index >= 15 is 0 Å². The molecule has 3 aromatic rings. The van der Waals surface area contributed by atoms with Gasteiger partial charge in [0.15, 0.2) is 5.58 Å². The van der Waals surface area contributed by atoms with Gasteiger partial charge in [-0.2, -0.15) is 4.31 Å². The molecule has 1 N–H and O–H groups in total. The van der Waals surface area contributed by atoms with Crippen molar-refractivity contribution in [1.29, 1.82) is 0 Å². The molecule has 8 heteroatoms. The Kier molecular flexibility index (Phi) is 4.39. The molecule has 0 saturated carbocycles. The number of nitrogens with zero attached hydrogens (tertiary/aromatic N) is 1. The van der Waals surface area contributed by atoms with E-state index in [0.717, 1.165) is 5.56 Å². The number of aromatic nitrogens is 1. The first kappa shape index (κ1) is 17.0. The number of rotatable bonds is 4. The predicted molar refractivity (Wildman–Crippen MR) is 95.5 cm³/mol. The number of morpholine rings is 1. The molecular formula is C18H18N2O5S. The molecule has 2 heterocycles. The molecule has 0 radical (unpaired) electrons. The van der Waals surface area contributed by atoms with Crippen LogP contribution in [0.15, 0.2) is 62.6 Å². The fourth-order valence-electron chi connectivity index (χ4n) is 3.15. The SMILES string of the molecule is O=c1[nH]c2ccc(S(=O)(=O)N3CCOC(Cc4ccccc4)C3)cc2o1. The third-order valence-electron chi connectivity index (χ3n) is 4.44. The van der Waals surface area contributed by atoms with Gasteiger partial charge in [0.2, 0.25) is 10.0 Å². The standard InChI is InChI=1S/C18H18N2O5S/c21-18-19-16-7-6-15(11-17(16)25-18)26(22,23)20-8-9-24-14(12-20)10-13-4-2-1-3-5-13/h1-7,11,14H,8-10,12H2,(H,19,21). The summed E-state index contributed by atoms with van der Waals surface area (Å²) in [5.41, 5.74) is 1.80. The minimum absolute atomic E-state index is 0.105. The van der Waals surface area contributed by atoms with Gasteiger partial charge in [0.05, 0.1) is 23.1 Å². The molecule has 1 aliphatic heterocycles. The molecule has 0 bridgehead atoms. The summed E-state index contributed by atoms with van der Waals surface area (Å²) >= 11 is 0. The maximum Gasteiger partial charge on any atom is 0.417 e. The Balaban J connectivity index is 1.56. The summed E-state index contributed by atoms with van der Waals surface area (Å²) in [6.07, 6.45) is 0.452. The molecule has 1 unspecified atom stereocenters. The summed E-state index contributed by atoms with van der Waals surface area (Å²) in [6.45, 7) is 0.924. The first-order valence-corrected chi connectivity index (χ1v) is 9.75. The van der Waals surface area contributed by atoms with Crippen LogP contribution < -0.4 is 5.76 Å². The highest BCUT2D eigenvalue weighted by molar-refractivity contribution is 7.89. The van der Waals surface area contributed by atoms with Gasteiger partial charge < -0.3 is 9.15 Å². The van der Waals surface area contributed by atoms with Gasteiger partial charge in [-0.05, 0) is 24.1 Å². The highest BCUT2D eigenvalue weighted by Crippen LogP contribution is 2.23. The summed E-state index contributed by atoms with van der Waals surface area (Å²) < 4.78 is 38.1. The second kappa shape index (κ2) is 6.71. The van der Waals surface area contributed by atoms with Crippen LogP contribution in [0.3, 0.4) is 0 Å². The van der Waals surface area contributed by atoms with Crippen LogP contribution in [0.2, 0.25) is 0 Å². The summed E-state index contributed by atoms with van der Waals surface area (Å²) in [4.78, 5) is 13.9. The number of hydrogen-bond donors (Lipinski definition) is 1. The third kappa shape index (κ3) is 3.31. The molecule has 26 heavy (non-hydrogen) atoms. The highest BCUT2D eigenvalue weighted by atomic mass is 32.2. The second-order valence-corrected chi connectivity index (χ2v) is 8.16. The smallest absolute Gasteiger partial charge is 0.408 e. The van der Waals surface area contributed by atoms with E-state index < -0.39 is 15.8 Å². The van der Waals surface area contributed by atoms with Crippen molar-refractivity contribution in [1.82, 2.24) is 9.29 Å². The lowest BCUT2D eigenvalue weighted by Gasteiger charge is -2.32. The minimum atomic E-state index is -3.69. The Bertz CT molecular complexity index is 1070. The Morgan fingerprint density at radius 2 is 1.96 bits per heavy atom. The molecule has 1 fully saturated rings. The van der Waals surface area contributed by atoms with Gasteiger partial charge in [-0.25, -0.2) is 13.2 Å². The Labute approximate surface area is 150 Å². The third-order valence-corrected chi connectivity index (χ3v) is 6.30. The molecule has 1 atom stereocenters. The number of benzene rings is 2. The molecule has 136 valence electrons. The van der Waals surface area contributed by atoms with Gasteiger partial charge in [0.25, 0.3) is 0 Å². The van der Waals surface area contributed by atoms with Crippen molar-refractivity contribution in [3.63, 3.8) is 0 Å². The van der Waals surface area contributed by atoms with Crippen LogP contribution in [0.1, 0.15) is 5.56 Å². The van der Waals surface area contributed by atoms with Crippen molar-refractivity contribution in [2.75, 3.05) is 19.7 Å². The molecule has 0 aliphatic carbocycles. The van der Waals surface area contributed by atoms with Crippen molar-refractivity contribution in [2.45, 2.75) is 17.4 Å². The Morgan fingerprint density at radius 3 is 2.77 bits per heavy atom. The number of aromatic amines is 1. The van der Waals surface area contributed by atoms with Crippen molar-refractivity contribution in [3.05, 3.63) is 64.6 Å². The van der Waals surface area contributed by atoms with E-state index in [1.54, 1.807) is 0 Å². The molecule has 0 amide bonds. The largest absolute Gasteiger partial charge is 0.417 e. The molecular weight excluding hydrogens is 356 g/mol.